The summed E-state index contributed by atoms with van der Waals surface area (Å²) >= 11 is 0. The van der Waals surface area contributed by atoms with E-state index < -0.39 is 0 Å². The number of anilines is 1. The van der Waals surface area contributed by atoms with E-state index in [4.69, 9.17) is 15.2 Å². The molecule has 22 heavy (non-hydrogen) atoms. The molecule has 0 fully saturated rings. The minimum atomic E-state index is 0.0268. The van der Waals surface area contributed by atoms with Gasteiger partial charge in [-0.2, -0.15) is 0 Å². The molecule has 2 aromatic carbocycles. The van der Waals surface area contributed by atoms with Gasteiger partial charge in [-0.1, -0.05) is 36.4 Å². The van der Waals surface area contributed by atoms with Crippen LogP contribution >= 0.6 is 0 Å². The zero-order valence-corrected chi connectivity index (χ0v) is 12.3. The molecule has 1 heterocycles. The van der Waals surface area contributed by atoms with Crippen LogP contribution in [0.5, 0.6) is 5.75 Å². The quantitative estimate of drug-likeness (QED) is 0.881. The fourth-order valence-electron chi connectivity index (χ4n) is 2.62. The smallest absolute Gasteiger partial charge is 0.169 e. The van der Waals surface area contributed by atoms with Crippen LogP contribution in [-0.4, -0.2) is 19.0 Å². The summed E-state index contributed by atoms with van der Waals surface area (Å²) in [7, 11) is 0. The zero-order valence-electron chi connectivity index (χ0n) is 12.3. The summed E-state index contributed by atoms with van der Waals surface area (Å²) in [6, 6.07) is 15.3. The number of nitrogen functional groups attached to an aromatic ring is 1. The standard InChI is InChI=1S/C18H19NO3/c19-15-7-4-8-17-18(15)16(20)9-14(12-22-17)11-21-10-13-5-2-1-3-6-13/h1-8,14H,9-12,19H2/t14-/m0/s1. The maximum absolute atomic E-state index is 12.4. The number of carbonyl (C=O) groups is 1. The number of rotatable bonds is 4. The summed E-state index contributed by atoms with van der Waals surface area (Å²) in [4.78, 5) is 12.4. The average molecular weight is 297 g/mol. The lowest BCUT2D eigenvalue weighted by molar-refractivity contribution is 0.0628. The van der Waals surface area contributed by atoms with Crippen LogP contribution in [0.1, 0.15) is 22.3 Å². The molecule has 1 aliphatic rings. The second-order valence-electron chi connectivity index (χ2n) is 5.53. The van der Waals surface area contributed by atoms with E-state index in [1.807, 2.05) is 30.3 Å². The molecule has 2 aromatic rings. The van der Waals surface area contributed by atoms with Gasteiger partial charge >= 0.3 is 0 Å². The Labute approximate surface area is 129 Å². The molecule has 0 spiro atoms. The first-order valence-electron chi connectivity index (χ1n) is 7.40. The lowest BCUT2D eigenvalue weighted by Crippen LogP contribution is -2.18. The number of hydrogen-bond donors (Lipinski definition) is 1. The normalized spacial score (nSPS) is 17.5. The van der Waals surface area contributed by atoms with Crippen LogP contribution in [0.2, 0.25) is 0 Å². The number of nitrogens with two attached hydrogens (primary N) is 1. The average Bonchev–Trinajstić information content (AvgIpc) is 2.68. The van der Waals surface area contributed by atoms with Gasteiger partial charge in [0.15, 0.2) is 5.78 Å². The third kappa shape index (κ3) is 3.28. The van der Waals surface area contributed by atoms with Gasteiger partial charge in [0.25, 0.3) is 0 Å². The number of hydrogen-bond acceptors (Lipinski definition) is 4. The molecule has 1 atom stereocenters. The van der Waals surface area contributed by atoms with Crippen molar-refractivity contribution in [2.45, 2.75) is 13.0 Å². The van der Waals surface area contributed by atoms with Crippen LogP contribution in [0.25, 0.3) is 0 Å². The third-order valence-electron chi connectivity index (χ3n) is 3.75. The Hall–Kier alpha value is -2.33. The van der Waals surface area contributed by atoms with Gasteiger partial charge in [-0.15, -0.1) is 0 Å². The number of ether oxygens (including phenoxy) is 2. The van der Waals surface area contributed by atoms with Crippen molar-refractivity contribution in [2.24, 2.45) is 5.92 Å². The first-order valence-corrected chi connectivity index (χ1v) is 7.40. The van der Waals surface area contributed by atoms with Gasteiger partial charge in [-0.25, -0.2) is 0 Å². The number of benzene rings is 2. The van der Waals surface area contributed by atoms with E-state index in [2.05, 4.69) is 0 Å². The van der Waals surface area contributed by atoms with Gasteiger partial charge in [-0.3, -0.25) is 4.79 Å². The van der Waals surface area contributed by atoms with Crippen molar-refractivity contribution in [3.05, 3.63) is 59.7 Å². The highest BCUT2D eigenvalue weighted by molar-refractivity contribution is 6.03. The van der Waals surface area contributed by atoms with Crippen LogP contribution in [-0.2, 0) is 11.3 Å². The summed E-state index contributed by atoms with van der Waals surface area (Å²) in [5, 5.41) is 0. The third-order valence-corrected chi connectivity index (χ3v) is 3.75. The highest BCUT2D eigenvalue weighted by Crippen LogP contribution is 2.30. The van der Waals surface area contributed by atoms with Gasteiger partial charge in [0.2, 0.25) is 0 Å². The van der Waals surface area contributed by atoms with Gasteiger partial charge in [0, 0.05) is 18.0 Å². The zero-order chi connectivity index (χ0) is 15.4. The summed E-state index contributed by atoms with van der Waals surface area (Å²) in [5.41, 5.74) is 8.00. The first kappa shape index (κ1) is 14.6. The molecule has 114 valence electrons. The van der Waals surface area contributed by atoms with E-state index in [1.165, 1.54) is 0 Å². The molecular formula is C18H19NO3. The maximum atomic E-state index is 12.4. The van der Waals surface area contributed by atoms with Crippen LogP contribution in [0.4, 0.5) is 5.69 Å². The Morgan fingerprint density at radius 3 is 2.77 bits per heavy atom. The molecule has 1 aliphatic heterocycles. The van der Waals surface area contributed by atoms with E-state index in [1.54, 1.807) is 18.2 Å². The van der Waals surface area contributed by atoms with E-state index in [9.17, 15) is 4.79 Å². The van der Waals surface area contributed by atoms with Crippen molar-refractivity contribution < 1.29 is 14.3 Å². The SMILES string of the molecule is Nc1cccc2c1C(=O)C[C@@H](COCc1ccccc1)CO2. The van der Waals surface area contributed by atoms with Crippen molar-refractivity contribution >= 4 is 11.5 Å². The second kappa shape index (κ2) is 6.62. The molecule has 0 saturated heterocycles. The molecular weight excluding hydrogens is 278 g/mol. The Morgan fingerprint density at radius 1 is 1.14 bits per heavy atom. The molecule has 0 saturated carbocycles. The number of carbonyl (C=O) groups excluding carboxylic acids is 1. The number of fused-ring (bicyclic) bond motifs is 1. The second-order valence-corrected chi connectivity index (χ2v) is 5.53. The molecule has 4 nitrogen and oxygen atoms in total. The fraction of sp³-hybridized carbons (Fsp3) is 0.278. The number of ketones is 1. The highest BCUT2D eigenvalue weighted by atomic mass is 16.5. The van der Waals surface area contributed by atoms with E-state index in [0.717, 1.165) is 5.56 Å². The summed E-state index contributed by atoms with van der Waals surface area (Å²) in [5.74, 6) is 0.650. The molecule has 0 bridgehead atoms. The largest absolute Gasteiger partial charge is 0.492 e. The van der Waals surface area contributed by atoms with Crippen LogP contribution in [0.3, 0.4) is 0 Å². The van der Waals surface area contributed by atoms with Gasteiger partial charge < -0.3 is 15.2 Å². The van der Waals surface area contributed by atoms with Gasteiger partial charge in [0.05, 0.1) is 25.4 Å². The predicted octanol–water partition coefficient (Wildman–Crippen LogP) is 3.07. The van der Waals surface area contributed by atoms with Crippen LogP contribution in [0, 0.1) is 5.92 Å². The maximum Gasteiger partial charge on any atom is 0.169 e. The fourth-order valence-corrected chi connectivity index (χ4v) is 2.62. The molecule has 4 heteroatoms. The topological polar surface area (TPSA) is 61.6 Å². The van der Waals surface area contributed by atoms with Crippen molar-refractivity contribution in [2.75, 3.05) is 18.9 Å². The van der Waals surface area contributed by atoms with Crippen LogP contribution < -0.4 is 10.5 Å². The van der Waals surface area contributed by atoms with Gasteiger partial charge in [0.1, 0.15) is 5.75 Å². The Morgan fingerprint density at radius 2 is 1.95 bits per heavy atom. The molecule has 3 rings (SSSR count). The Kier molecular flexibility index (Phi) is 4.39. The lowest BCUT2D eigenvalue weighted by atomic mass is 9.99. The monoisotopic (exact) mass is 297 g/mol. The minimum absolute atomic E-state index is 0.0268. The molecule has 0 amide bonds. The van der Waals surface area contributed by atoms with Crippen molar-refractivity contribution in [1.82, 2.24) is 0 Å². The first-order chi connectivity index (χ1) is 10.7. The summed E-state index contributed by atoms with van der Waals surface area (Å²) < 4.78 is 11.5. The highest BCUT2D eigenvalue weighted by Gasteiger charge is 2.25. The van der Waals surface area contributed by atoms with Gasteiger partial charge in [-0.05, 0) is 17.7 Å². The van der Waals surface area contributed by atoms with E-state index in [0.29, 0.717) is 43.2 Å². The van der Waals surface area contributed by atoms with Crippen molar-refractivity contribution in [3.8, 4) is 5.75 Å². The number of Topliss-reactive ketones (excluding diaryl/α,β-unsaturated/α-hetero) is 1. The minimum Gasteiger partial charge on any atom is -0.492 e. The molecule has 0 aliphatic carbocycles. The molecule has 0 radical (unpaired) electrons. The Bertz CT molecular complexity index is 655. The summed E-state index contributed by atoms with van der Waals surface area (Å²) in [6.45, 7) is 1.51. The van der Waals surface area contributed by atoms with E-state index >= 15 is 0 Å². The lowest BCUT2D eigenvalue weighted by Gasteiger charge is -2.13. The van der Waals surface area contributed by atoms with E-state index in [-0.39, 0.29) is 11.7 Å². The molecule has 0 unspecified atom stereocenters. The predicted molar refractivity (Wildman–Crippen MR) is 84.9 cm³/mol. The Balaban J connectivity index is 1.59. The molecule has 2 N–H and O–H groups in total. The summed E-state index contributed by atoms with van der Waals surface area (Å²) in [6.07, 6.45) is 0.399. The molecule has 0 aromatic heterocycles. The van der Waals surface area contributed by atoms with Crippen molar-refractivity contribution in [1.29, 1.82) is 0 Å². The van der Waals surface area contributed by atoms with Crippen LogP contribution in [0.15, 0.2) is 48.5 Å². The van der Waals surface area contributed by atoms with Crippen molar-refractivity contribution in [3.63, 3.8) is 0 Å².